The van der Waals surface area contributed by atoms with Gasteiger partial charge in [0.05, 0.1) is 0 Å². The summed E-state index contributed by atoms with van der Waals surface area (Å²) < 4.78 is 2.18. The van der Waals surface area contributed by atoms with Crippen LogP contribution in [0.2, 0.25) is 0 Å². The maximum atomic E-state index is 11.0. The fraction of sp³-hybridized carbons (Fsp3) is 0.400. The summed E-state index contributed by atoms with van der Waals surface area (Å²) in [5, 5.41) is 1.05. The minimum Gasteiger partial charge on any atom is -0.347 e. The van der Waals surface area contributed by atoms with E-state index in [-0.39, 0.29) is 0 Å². The van der Waals surface area contributed by atoms with E-state index in [1.54, 1.807) is 0 Å². The van der Waals surface area contributed by atoms with Gasteiger partial charge in [-0.15, -0.1) is 0 Å². The summed E-state index contributed by atoms with van der Waals surface area (Å²) in [5.41, 5.74) is 2.25. The first-order valence-electron chi connectivity index (χ1n) is 6.04. The van der Waals surface area contributed by atoms with Crippen molar-refractivity contribution < 1.29 is 4.79 Å². The summed E-state index contributed by atoms with van der Waals surface area (Å²) in [6, 6.07) is 8.07. The number of fused-ring (bicyclic) bond motifs is 1. The SMILES string of the molecule is CC(C)(C)CCn1cc(C=O)c2ccccc21. The minimum atomic E-state index is 0.312. The number of hydrogen-bond donors (Lipinski definition) is 0. The van der Waals surface area contributed by atoms with Gasteiger partial charge in [-0.1, -0.05) is 39.0 Å². The number of aldehydes is 1. The predicted octanol–water partition coefficient (Wildman–Crippen LogP) is 3.89. The van der Waals surface area contributed by atoms with Gasteiger partial charge in [-0.25, -0.2) is 0 Å². The first-order chi connectivity index (χ1) is 8.01. The van der Waals surface area contributed by atoms with Gasteiger partial charge in [-0.2, -0.15) is 0 Å². The largest absolute Gasteiger partial charge is 0.347 e. The highest BCUT2D eigenvalue weighted by Crippen LogP contribution is 2.24. The van der Waals surface area contributed by atoms with Crippen LogP contribution in [0, 0.1) is 5.41 Å². The van der Waals surface area contributed by atoms with Crippen LogP contribution in [0.1, 0.15) is 37.6 Å². The molecule has 2 aromatic rings. The summed E-state index contributed by atoms with van der Waals surface area (Å²) in [6.07, 6.45) is 4.00. The predicted molar refractivity (Wildman–Crippen MR) is 71.4 cm³/mol. The van der Waals surface area contributed by atoms with Crippen molar-refractivity contribution in [1.29, 1.82) is 0 Å². The summed E-state index contributed by atoms with van der Waals surface area (Å²) in [7, 11) is 0. The zero-order valence-corrected chi connectivity index (χ0v) is 10.7. The van der Waals surface area contributed by atoms with Crippen LogP contribution in [0.4, 0.5) is 0 Å². The minimum absolute atomic E-state index is 0.312. The normalized spacial score (nSPS) is 11.9. The Bertz CT molecular complexity index is 531. The van der Waals surface area contributed by atoms with Crippen molar-refractivity contribution in [2.45, 2.75) is 33.7 Å². The standard InChI is InChI=1S/C15H19NO/c1-15(2,3)8-9-16-10-12(11-17)13-6-4-5-7-14(13)16/h4-7,10-11H,8-9H2,1-3H3. The first kappa shape index (κ1) is 11.9. The molecule has 90 valence electrons. The Morgan fingerprint density at radius 3 is 2.59 bits per heavy atom. The van der Waals surface area contributed by atoms with Crippen LogP contribution >= 0.6 is 0 Å². The Balaban J connectivity index is 2.37. The number of nitrogens with zero attached hydrogens (tertiary/aromatic N) is 1. The van der Waals surface area contributed by atoms with Gasteiger partial charge in [-0.3, -0.25) is 4.79 Å². The highest BCUT2D eigenvalue weighted by atomic mass is 16.1. The summed E-state index contributed by atoms with van der Waals surface area (Å²) in [6.45, 7) is 7.66. The highest BCUT2D eigenvalue weighted by molar-refractivity contribution is 5.97. The lowest BCUT2D eigenvalue weighted by Gasteiger charge is -2.18. The van der Waals surface area contributed by atoms with Crippen LogP contribution in [-0.4, -0.2) is 10.9 Å². The molecule has 0 saturated heterocycles. The molecule has 0 aliphatic carbocycles. The molecular weight excluding hydrogens is 210 g/mol. The molecule has 1 aromatic carbocycles. The molecule has 0 aliphatic rings. The van der Waals surface area contributed by atoms with Crippen molar-refractivity contribution in [1.82, 2.24) is 4.57 Å². The second-order valence-corrected chi connectivity index (χ2v) is 5.72. The monoisotopic (exact) mass is 229 g/mol. The average Bonchev–Trinajstić information content (AvgIpc) is 2.64. The quantitative estimate of drug-likeness (QED) is 0.732. The molecule has 2 nitrogen and oxygen atoms in total. The zero-order chi connectivity index (χ0) is 12.5. The summed E-state index contributed by atoms with van der Waals surface area (Å²) >= 11 is 0. The molecule has 0 bridgehead atoms. The van der Waals surface area contributed by atoms with Crippen LogP contribution in [0.25, 0.3) is 10.9 Å². The van der Waals surface area contributed by atoms with Gasteiger partial charge in [0.2, 0.25) is 0 Å². The molecule has 0 radical (unpaired) electrons. The Hall–Kier alpha value is -1.57. The molecule has 0 atom stereocenters. The highest BCUT2D eigenvalue weighted by Gasteiger charge is 2.12. The molecule has 1 aromatic heterocycles. The van der Waals surface area contributed by atoms with Crippen LogP contribution in [0.5, 0.6) is 0 Å². The summed E-state index contributed by atoms with van der Waals surface area (Å²) in [4.78, 5) is 11.0. The molecule has 0 spiro atoms. The second-order valence-electron chi connectivity index (χ2n) is 5.72. The Kier molecular flexibility index (Phi) is 3.05. The van der Waals surface area contributed by atoms with Crippen molar-refractivity contribution >= 4 is 17.2 Å². The maximum Gasteiger partial charge on any atom is 0.152 e. The lowest BCUT2D eigenvalue weighted by molar-refractivity contribution is 0.112. The van der Waals surface area contributed by atoms with Crippen LogP contribution in [-0.2, 0) is 6.54 Å². The summed E-state index contributed by atoms with van der Waals surface area (Å²) in [5.74, 6) is 0. The molecule has 0 saturated carbocycles. The fourth-order valence-corrected chi connectivity index (χ4v) is 2.01. The van der Waals surface area contributed by atoms with Gasteiger partial charge >= 0.3 is 0 Å². The lowest BCUT2D eigenvalue weighted by Crippen LogP contribution is -2.09. The van der Waals surface area contributed by atoms with E-state index in [9.17, 15) is 4.79 Å². The van der Waals surface area contributed by atoms with Crippen molar-refractivity contribution in [3.8, 4) is 0 Å². The topological polar surface area (TPSA) is 22.0 Å². The molecule has 0 N–H and O–H groups in total. The number of benzene rings is 1. The number of aromatic nitrogens is 1. The van der Waals surface area contributed by atoms with Crippen molar-refractivity contribution in [3.05, 3.63) is 36.0 Å². The fourth-order valence-electron chi connectivity index (χ4n) is 2.01. The average molecular weight is 229 g/mol. The molecular formula is C15H19NO. The van der Waals surface area contributed by atoms with E-state index < -0.39 is 0 Å². The number of carbonyl (C=O) groups is 1. The number of aryl methyl sites for hydroxylation is 1. The van der Waals surface area contributed by atoms with Crippen LogP contribution < -0.4 is 0 Å². The number of hydrogen-bond acceptors (Lipinski definition) is 1. The number of rotatable bonds is 3. The number of carbonyl (C=O) groups excluding carboxylic acids is 1. The van der Waals surface area contributed by atoms with Crippen LogP contribution in [0.15, 0.2) is 30.5 Å². The lowest BCUT2D eigenvalue weighted by atomic mass is 9.92. The van der Waals surface area contributed by atoms with Crippen LogP contribution in [0.3, 0.4) is 0 Å². The Morgan fingerprint density at radius 2 is 1.94 bits per heavy atom. The van der Waals surface area contributed by atoms with Gasteiger partial charge < -0.3 is 4.57 Å². The van der Waals surface area contributed by atoms with Crippen molar-refractivity contribution in [3.63, 3.8) is 0 Å². The zero-order valence-electron chi connectivity index (χ0n) is 10.7. The van der Waals surface area contributed by atoms with Crippen molar-refractivity contribution in [2.75, 3.05) is 0 Å². The molecule has 0 amide bonds. The molecule has 2 rings (SSSR count). The van der Waals surface area contributed by atoms with Gasteiger partial charge in [0, 0.05) is 29.2 Å². The Morgan fingerprint density at radius 1 is 1.24 bits per heavy atom. The first-order valence-corrected chi connectivity index (χ1v) is 6.04. The van der Waals surface area contributed by atoms with Gasteiger partial charge in [0.25, 0.3) is 0 Å². The third-order valence-electron chi connectivity index (χ3n) is 3.05. The molecule has 1 heterocycles. The second kappa shape index (κ2) is 4.36. The van der Waals surface area contributed by atoms with E-state index in [0.29, 0.717) is 5.41 Å². The molecule has 17 heavy (non-hydrogen) atoms. The third-order valence-corrected chi connectivity index (χ3v) is 3.05. The van der Waals surface area contributed by atoms with Crippen molar-refractivity contribution in [2.24, 2.45) is 5.41 Å². The molecule has 0 unspecified atom stereocenters. The van der Waals surface area contributed by atoms with E-state index >= 15 is 0 Å². The van der Waals surface area contributed by atoms with E-state index in [1.807, 2.05) is 24.4 Å². The van der Waals surface area contributed by atoms with E-state index in [1.165, 1.54) is 0 Å². The number of para-hydroxylation sites is 1. The molecule has 2 heteroatoms. The van der Waals surface area contributed by atoms with E-state index in [4.69, 9.17) is 0 Å². The van der Waals surface area contributed by atoms with E-state index in [0.717, 1.165) is 35.7 Å². The molecule has 0 fully saturated rings. The maximum absolute atomic E-state index is 11.0. The third kappa shape index (κ3) is 2.57. The molecule has 0 aliphatic heterocycles. The smallest absolute Gasteiger partial charge is 0.152 e. The van der Waals surface area contributed by atoms with Gasteiger partial charge in [0.15, 0.2) is 6.29 Å². The van der Waals surface area contributed by atoms with E-state index in [2.05, 4.69) is 31.4 Å². The van der Waals surface area contributed by atoms with Gasteiger partial charge in [-0.05, 0) is 17.9 Å². The van der Waals surface area contributed by atoms with Gasteiger partial charge in [0.1, 0.15) is 0 Å². The Labute approximate surface area is 102 Å².